The minimum atomic E-state index is 0.617. The Balaban J connectivity index is 2.04. The van der Waals surface area contributed by atoms with Crippen LogP contribution in [-0.2, 0) is 13.0 Å². The number of hydrogen-bond acceptors (Lipinski definition) is 1. The lowest BCUT2D eigenvalue weighted by Gasteiger charge is -2.21. The summed E-state index contributed by atoms with van der Waals surface area (Å²) >= 11 is 0. The van der Waals surface area contributed by atoms with Gasteiger partial charge in [-0.3, -0.25) is 5.41 Å². The molecule has 0 saturated heterocycles. The number of nitrogens with zero attached hydrogens (tertiary/aromatic N) is 1. The Labute approximate surface area is 107 Å². The predicted octanol–water partition coefficient (Wildman–Crippen LogP) is 3.59. The Kier molecular flexibility index (Phi) is 2.63. The molecule has 1 aliphatic rings. The molecule has 0 radical (unpaired) electrons. The molecule has 90 valence electrons. The average Bonchev–Trinajstić information content (AvgIpc) is 2.76. The fraction of sp³-hybridized carbons (Fsp3) is 0.188. The Morgan fingerprint density at radius 2 is 1.78 bits per heavy atom. The first kappa shape index (κ1) is 11.0. The van der Waals surface area contributed by atoms with Gasteiger partial charge in [0, 0.05) is 11.3 Å². The summed E-state index contributed by atoms with van der Waals surface area (Å²) in [6.45, 7) is 2.97. The molecule has 0 bridgehead atoms. The van der Waals surface area contributed by atoms with E-state index in [2.05, 4.69) is 36.1 Å². The van der Waals surface area contributed by atoms with E-state index in [1.54, 1.807) is 0 Å². The lowest BCUT2D eigenvalue weighted by Crippen LogP contribution is -2.24. The van der Waals surface area contributed by atoms with Crippen molar-refractivity contribution in [3.05, 3.63) is 65.2 Å². The number of benzene rings is 2. The van der Waals surface area contributed by atoms with Gasteiger partial charge >= 0.3 is 0 Å². The van der Waals surface area contributed by atoms with Crippen molar-refractivity contribution in [1.82, 2.24) is 0 Å². The summed E-state index contributed by atoms with van der Waals surface area (Å²) in [7, 11) is 0. The number of nitrogens with one attached hydrogen (secondary N) is 1. The molecule has 0 aromatic heterocycles. The molecule has 0 spiro atoms. The predicted molar refractivity (Wildman–Crippen MR) is 75.3 cm³/mol. The smallest absolute Gasteiger partial charge is 0.133 e. The third-order valence-corrected chi connectivity index (χ3v) is 3.53. The van der Waals surface area contributed by atoms with E-state index in [4.69, 9.17) is 5.41 Å². The summed E-state index contributed by atoms with van der Waals surface area (Å²) in [6.07, 6.45) is 0.996. The number of amidine groups is 1. The third kappa shape index (κ3) is 1.61. The van der Waals surface area contributed by atoms with Gasteiger partial charge < -0.3 is 4.90 Å². The van der Waals surface area contributed by atoms with E-state index < -0.39 is 0 Å². The van der Waals surface area contributed by atoms with Crippen LogP contribution in [0.3, 0.4) is 0 Å². The monoisotopic (exact) mass is 236 g/mol. The zero-order valence-corrected chi connectivity index (χ0v) is 10.5. The maximum Gasteiger partial charge on any atom is 0.133 e. The van der Waals surface area contributed by atoms with Crippen molar-refractivity contribution in [3.8, 4) is 0 Å². The highest BCUT2D eigenvalue weighted by molar-refractivity contribution is 6.11. The highest BCUT2D eigenvalue weighted by atomic mass is 15.2. The molecule has 2 heteroatoms. The van der Waals surface area contributed by atoms with Gasteiger partial charge in [0.2, 0.25) is 0 Å². The summed E-state index contributed by atoms with van der Waals surface area (Å²) in [5, 5.41) is 8.32. The lowest BCUT2D eigenvalue weighted by molar-refractivity contribution is 1.01. The van der Waals surface area contributed by atoms with E-state index in [-0.39, 0.29) is 0 Å². The van der Waals surface area contributed by atoms with Crippen LogP contribution < -0.4 is 4.90 Å². The summed E-state index contributed by atoms with van der Waals surface area (Å²) in [5.74, 6) is 0.617. The van der Waals surface area contributed by atoms with E-state index >= 15 is 0 Å². The van der Waals surface area contributed by atoms with Crippen LogP contribution in [0.5, 0.6) is 0 Å². The van der Waals surface area contributed by atoms with Crippen LogP contribution in [0.1, 0.15) is 23.6 Å². The second kappa shape index (κ2) is 4.30. The molecule has 2 nitrogen and oxygen atoms in total. The molecule has 0 unspecified atom stereocenters. The van der Waals surface area contributed by atoms with Crippen molar-refractivity contribution in [3.63, 3.8) is 0 Å². The Morgan fingerprint density at radius 1 is 1.06 bits per heavy atom. The molecule has 0 saturated carbocycles. The van der Waals surface area contributed by atoms with Crippen molar-refractivity contribution in [2.24, 2.45) is 0 Å². The Hall–Kier alpha value is -2.09. The van der Waals surface area contributed by atoms with E-state index in [9.17, 15) is 0 Å². The number of aryl methyl sites for hydroxylation is 1. The molecular weight excluding hydrogens is 220 g/mol. The molecule has 2 aromatic rings. The van der Waals surface area contributed by atoms with Crippen LogP contribution in [0, 0.1) is 5.41 Å². The SMILES string of the molecule is CCc1ccccc1N1Cc2ccccc2C1=N. The summed E-state index contributed by atoms with van der Waals surface area (Å²) < 4.78 is 0. The van der Waals surface area contributed by atoms with Crippen molar-refractivity contribution >= 4 is 11.5 Å². The van der Waals surface area contributed by atoms with Crippen molar-refractivity contribution in [1.29, 1.82) is 5.41 Å². The second-order valence-electron chi connectivity index (χ2n) is 4.57. The summed E-state index contributed by atoms with van der Waals surface area (Å²) in [5.41, 5.74) is 4.77. The first-order valence-corrected chi connectivity index (χ1v) is 6.33. The van der Waals surface area contributed by atoms with E-state index in [0.717, 1.165) is 18.5 Å². The number of hydrogen-bond donors (Lipinski definition) is 1. The van der Waals surface area contributed by atoms with Crippen LogP contribution in [0.15, 0.2) is 48.5 Å². The van der Waals surface area contributed by atoms with Gasteiger partial charge in [0.1, 0.15) is 5.84 Å². The molecule has 1 heterocycles. The van der Waals surface area contributed by atoms with Gasteiger partial charge in [-0.05, 0) is 23.6 Å². The van der Waals surface area contributed by atoms with E-state index in [0.29, 0.717) is 5.84 Å². The molecule has 0 atom stereocenters. The van der Waals surface area contributed by atoms with Gasteiger partial charge in [0.25, 0.3) is 0 Å². The Bertz CT molecular complexity index is 602. The normalized spacial score (nSPS) is 13.8. The quantitative estimate of drug-likeness (QED) is 0.847. The molecule has 1 aliphatic heterocycles. The fourth-order valence-electron chi connectivity index (χ4n) is 2.56. The van der Waals surface area contributed by atoms with E-state index in [1.807, 2.05) is 24.3 Å². The van der Waals surface area contributed by atoms with Crippen LogP contribution in [0.2, 0.25) is 0 Å². The lowest BCUT2D eigenvalue weighted by atomic mass is 10.1. The molecule has 1 N–H and O–H groups in total. The van der Waals surface area contributed by atoms with Crippen molar-refractivity contribution < 1.29 is 0 Å². The molecule has 2 aromatic carbocycles. The topological polar surface area (TPSA) is 27.1 Å². The second-order valence-corrected chi connectivity index (χ2v) is 4.57. The number of rotatable bonds is 2. The number of anilines is 1. The maximum atomic E-state index is 8.32. The standard InChI is InChI=1S/C16H16N2/c1-2-12-7-4-6-10-15(12)18-11-13-8-3-5-9-14(13)16(18)17/h3-10,17H,2,11H2,1H3. The summed E-state index contributed by atoms with van der Waals surface area (Å²) in [4.78, 5) is 2.10. The van der Waals surface area contributed by atoms with Gasteiger partial charge in [-0.25, -0.2) is 0 Å². The molecule has 0 fully saturated rings. The Morgan fingerprint density at radius 3 is 2.56 bits per heavy atom. The van der Waals surface area contributed by atoms with Crippen LogP contribution in [0.25, 0.3) is 0 Å². The maximum absolute atomic E-state index is 8.32. The van der Waals surface area contributed by atoms with Crippen LogP contribution >= 0.6 is 0 Å². The van der Waals surface area contributed by atoms with Crippen molar-refractivity contribution in [2.45, 2.75) is 19.9 Å². The fourth-order valence-corrected chi connectivity index (χ4v) is 2.56. The van der Waals surface area contributed by atoms with Crippen LogP contribution in [0.4, 0.5) is 5.69 Å². The summed E-state index contributed by atoms with van der Waals surface area (Å²) in [6, 6.07) is 16.6. The molecule has 3 rings (SSSR count). The van der Waals surface area contributed by atoms with Crippen LogP contribution in [-0.4, -0.2) is 5.84 Å². The number of fused-ring (bicyclic) bond motifs is 1. The third-order valence-electron chi connectivity index (χ3n) is 3.53. The van der Waals surface area contributed by atoms with Gasteiger partial charge in [0.05, 0.1) is 6.54 Å². The first-order chi connectivity index (χ1) is 8.81. The van der Waals surface area contributed by atoms with Gasteiger partial charge in [-0.2, -0.15) is 0 Å². The van der Waals surface area contributed by atoms with E-state index in [1.165, 1.54) is 16.8 Å². The molecular formula is C16H16N2. The highest BCUT2D eigenvalue weighted by Gasteiger charge is 2.25. The molecule has 0 amide bonds. The van der Waals surface area contributed by atoms with Gasteiger partial charge in [-0.15, -0.1) is 0 Å². The first-order valence-electron chi connectivity index (χ1n) is 6.33. The zero-order valence-electron chi connectivity index (χ0n) is 10.5. The zero-order chi connectivity index (χ0) is 12.5. The molecule has 0 aliphatic carbocycles. The minimum absolute atomic E-state index is 0.617. The highest BCUT2D eigenvalue weighted by Crippen LogP contribution is 2.30. The van der Waals surface area contributed by atoms with Gasteiger partial charge in [0.15, 0.2) is 0 Å². The number of para-hydroxylation sites is 1. The van der Waals surface area contributed by atoms with Gasteiger partial charge in [-0.1, -0.05) is 49.4 Å². The average molecular weight is 236 g/mol. The largest absolute Gasteiger partial charge is 0.322 e. The van der Waals surface area contributed by atoms with Crippen molar-refractivity contribution in [2.75, 3.05) is 4.90 Å². The molecule has 18 heavy (non-hydrogen) atoms. The minimum Gasteiger partial charge on any atom is -0.322 e.